The molecular weight excluding hydrogens is 320 g/mol. The molecule has 0 spiro atoms. The van der Waals surface area contributed by atoms with Crippen molar-refractivity contribution < 1.29 is 5.11 Å². The van der Waals surface area contributed by atoms with E-state index in [2.05, 4.69) is 23.1 Å². The van der Waals surface area contributed by atoms with Crippen molar-refractivity contribution in [3.63, 3.8) is 0 Å². The zero-order chi connectivity index (χ0) is 16.9. The zero-order valence-electron chi connectivity index (χ0n) is 13.5. The number of nitrogens with zero attached hydrogens (tertiary/aromatic N) is 2. The van der Waals surface area contributed by atoms with Crippen molar-refractivity contribution in [1.82, 2.24) is 0 Å². The summed E-state index contributed by atoms with van der Waals surface area (Å²) in [6, 6.07) is 18.3. The molecule has 1 saturated carbocycles. The van der Waals surface area contributed by atoms with E-state index in [1.165, 1.54) is 5.56 Å². The van der Waals surface area contributed by atoms with Crippen LogP contribution in [0.25, 0.3) is 0 Å². The maximum absolute atomic E-state index is 10.1. The quantitative estimate of drug-likeness (QED) is 0.890. The number of halogens is 1. The van der Waals surface area contributed by atoms with Gasteiger partial charge in [-0.1, -0.05) is 41.9 Å². The summed E-state index contributed by atoms with van der Waals surface area (Å²) in [5, 5.41) is 19.6. The largest absolute Gasteiger partial charge is 0.393 e. The fourth-order valence-corrected chi connectivity index (χ4v) is 3.62. The minimum Gasteiger partial charge on any atom is -0.393 e. The van der Waals surface area contributed by atoms with Gasteiger partial charge in [0.1, 0.15) is 6.07 Å². The first-order valence-corrected chi connectivity index (χ1v) is 8.73. The molecule has 1 aliphatic rings. The second-order valence-electron chi connectivity index (χ2n) is 6.36. The normalized spacial score (nSPS) is 20.4. The monoisotopic (exact) mass is 340 g/mol. The number of hydrogen-bond acceptors (Lipinski definition) is 3. The summed E-state index contributed by atoms with van der Waals surface area (Å²) in [7, 11) is 0. The smallest absolute Gasteiger partial charge is 0.101 e. The van der Waals surface area contributed by atoms with E-state index in [9.17, 15) is 5.11 Å². The summed E-state index contributed by atoms with van der Waals surface area (Å²) in [6.45, 7) is 0.764. The Bertz CT molecular complexity index is 726. The zero-order valence-corrected chi connectivity index (χ0v) is 14.3. The molecule has 1 aliphatic carbocycles. The molecule has 1 N–H and O–H groups in total. The number of nitriles is 1. The van der Waals surface area contributed by atoms with Crippen LogP contribution in [-0.4, -0.2) is 17.3 Å². The minimum absolute atomic E-state index is 0.240. The minimum atomic E-state index is -0.240. The maximum Gasteiger partial charge on any atom is 0.101 e. The van der Waals surface area contributed by atoms with Crippen LogP contribution in [-0.2, 0) is 6.54 Å². The van der Waals surface area contributed by atoms with Gasteiger partial charge in [-0.05, 0) is 49.4 Å². The Morgan fingerprint density at radius 3 is 2.62 bits per heavy atom. The van der Waals surface area contributed by atoms with Gasteiger partial charge >= 0.3 is 0 Å². The highest BCUT2D eigenvalue weighted by molar-refractivity contribution is 6.32. The van der Waals surface area contributed by atoms with Gasteiger partial charge in [-0.15, -0.1) is 0 Å². The van der Waals surface area contributed by atoms with Crippen LogP contribution >= 0.6 is 11.6 Å². The van der Waals surface area contributed by atoms with Gasteiger partial charge in [0.25, 0.3) is 0 Å². The van der Waals surface area contributed by atoms with Crippen LogP contribution in [0.1, 0.15) is 36.8 Å². The number of aliphatic hydroxyl groups is 1. The third kappa shape index (κ3) is 3.90. The third-order valence-electron chi connectivity index (χ3n) is 4.66. The van der Waals surface area contributed by atoms with E-state index in [1.807, 2.05) is 30.3 Å². The molecule has 0 aliphatic heterocycles. The Morgan fingerprint density at radius 1 is 1.17 bits per heavy atom. The highest BCUT2D eigenvalue weighted by Crippen LogP contribution is 2.31. The summed E-state index contributed by atoms with van der Waals surface area (Å²) in [5.41, 5.74) is 2.71. The molecule has 24 heavy (non-hydrogen) atoms. The first-order chi connectivity index (χ1) is 11.7. The highest BCUT2D eigenvalue weighted by Gasteiger charge is 2.26. The predicted molar refractivity (Wildman–Crippen MR) is 97.1 cm³/mol. The lowest BCUT2D eigenvalue weighted by atomic mass is 9.91. The highest BCUT2D eigenvalue weighted by atomic mass is 35.5. The molecule has 0 heterocycles. The van der Waals surface area contributed by atoms with Gasteiger partial charge in [0.05, 0.1) is 16.7 Å². The molecule has 124 valence electrons. The van der Waals surface area contributed by atoms with Crippen LogP contribution < -0.4 is 4.90 Å². The number of hydrogen-bond donors (Lipinski definition) is 1. The molecule has 0 radical (unpaired) electrons. The molecule has 2 aromatic carbocycles. The van der Waals surface area contributed by atoms with E-state index in [0.717, 1.165) is 37.9 Å². The van der Waals surface area contributed by atoms with Crippen molar-refractivity contribution in [3.05, 3.63) is 64.7 Å². The van der Waals surface area contributed by atoms with Gasteiger partial charge in [-0.25, -0.2) is 0 Å². The van der Waals surface area contributed by atoms with Crippen LogP contribution in [0.15, 0.2) is 48.5 Å². The van der Waals surface area contributed by atoms with Gasteiger partial charge in [-0.3, -0.25) is 0 Å². The Morgan fingerprint density at radius 2 is 1.96 bits per heavy atom. The van der Waals surface area contributed by atoms with E-state index < -0.39 is 0 Å². The lowest BCUT2D eigenvalue weighted by molar-refractivity contribution is 0.118. The number of aliphatic hydroxyl groups excluding tert-OH is 1. The number of anilines is 1. The van der Waals surface area contributed by atoms with Gasteiger partial charge in [0.2, 0.25) is 0 Å². The average Bonchev–Trinajstić information content (AvgIpc) is 2.60. The second kappa shape index (κ2) is 7.70. The maximum atomic E-state index is 10.1. The van der Waals surface area contributed by atoms with Gasteiger partial charge < -0.3 is 10.0 Å². The van der Waals surface area contributed by atoms with Crippen molar-refractivity contribution in [3.8, 4) is 6.07 Å². The molecular formula is C20H21ClN2O. The first-order valence-electron chi connectivity index (χ1n) is 8.35. The molecule has 3 rings (SSSR count). The van der Waals surface area contributed by atoms with Gasteiger partial charge in [0.15, 0.2) is 0 Å². The predicted octanol–water partition coefficient (Wildman–Crippen LogP) is 4.52. The number of rotatable bonds is 4. The molecule has 0 saturated heterocycles. The van der Waals surface area contributed by atoms with Crippen molar-refractivity contribution in [2.45, 2.75) is 44.4 Å². The summed E-state index contributed by atoms with van der Waals surface area (Å²) in [4.78, 5) is 2.31. The molecule has 2 atom stereocenters. The lowest BCUT2D eigenvalue weighted by Gasteiger charge is -2.38. The van der Waals surface area contributed by atoms with Crippen LogP contribution in [0, 0.1) is 11.3 Å². The summed E-state index contributed by atoms with van der Waals surface area (Å²) < 4.78 is 0. The molecule has 0 aromatic heterocycles. The Balaban J connectivity index is 1.92. The molecule has 3 nitrogen and oxygen atoms in total. The molecule has 2 unspecified atom stereocenters. The van der Waals surface area contributed by atoms with E-state index in [-0.39, 0.29) is 12.1 Å². The van der Waals surface area contributed by atoms with Crippen LogP contribution in [0.2, 0.25) is 5.02 Å². The van der Waals surface area contributed by atoms with Crippen molar-refractivity contribution in [2.24, 2.45) is 0 Å². The van der Waals surface area contributed by atoms with Gasteiger partial charge in [-0.2, -0.15) is 5.26 Å². The van der Waals surface area contributed by atoms with Crippen LogP contribution in [0.4, 0.5) is 5.69 Å². The summed E-state index contributed by atoms with van der Waals surface area (Å²) in [6.07, 6.45) is 3.49. The average molecular weight is 341 g/mol. The fourth-order valence-electron chi connectivity index (χ4n) is 3.41. The topological polar surface area (TPSA) is 47.3 Å². The van der Waals surface area contributed by atoms with Gasteiger partial charge in [0, 0.05) is 18.3 Å². The fraction of sp³-hybridized carbons (Fsp3) is 0.350. The Labute approximate surface area is 148 Å². The van der Waals surface area contributed by atoms with Crippen molar-refractivity contribution in [2.75, 3.05) is 4.90 Å². The van der Waals surface area contributed by atoms with E-state index in [0.29, 0.717) is 10.6 Å². The third-order valence-corrected chi connectivity index (χ3v) is 4.97. The summed E-state index contributed by atoms with van der Waals surface area (Å²) >= 11 is 6.25. The first kappa shape index (κ1) is 16.8. The standard InChI is InChI=1S/C20H21ClN2O/c21-20-12-18(10-9-16(20)13-22)23(14-15-5-2-1-3-6-15)17-7-4-8-19(24)11-17/h1-3,5-6,9-10,12,17,19,24H,4,7-8,11,14H2. The Hall–Kier alpha value is -2.02. The van der Waals surface area contributed by atoms with Crippen molar-refractivity contribution >= 4 is 17.3 Å². The molecule has 4 heteroatoms. The van der Waals surface area contributed by atoms with E-state index in [1.54, 1.807) is 6.07 Å². The van der Waals surface area contributed by atoms with Crippen molar-refractivity contribution in [1.29, 1.82) is 5.26 Å². The van der Waals surface area contributed by atoms with E-state index >= 15 is 0 Å². The van der Waals surface area contributed by atoms with Crippen LogP contribution in [0.5, 0.6) is 0 Å². The molecule has 1 fully saturated rings. The molecule has 2 aromatic rings. The van der Waals surface area contributed by atoms with E-state index in [4.69, 9.17) is 16.9 Å². The second-order valence-corrected chi connectivity index (χ2v) is 6.77. The molecule has 0 amide bonds. The SMILES string of the molecule is N#Cc1ccc(N(Cc2ccccc2)C2CCCC(O)C2)cc1Cl. The summed E-state index contributed by atoms with van der Waals surface area (Å²) in [5.74, 6) is 0. The Kier molecular flexibility index (Phi) is 5.40. The lowest BCUT2D eigenvalue weighted by Crippen LogP contribution is -2.40. The van der Waals surface area contributed by atoms with Crippen LogP contribution in [0.3, 0.4) is 0 Å². The number of benzene rings is 2. The molecule has 0 bridgehead atoms.